The number of fused-ring (bicyclic) bond motifs is 1. The summed E-state index contributed by atoms with van der Waals surface area (Å²) in [6, 6.07) is 11.8. The lowest BCUT2D eigenvalue weighted by molar-refractivity contribution is -0.339. The highest BCUT2D eigenvalue weighted by Gasteiger charge is 2.15. The average Bonchev–Trinajstić information content (AvgIpc) is 3.21. The molecule has 0 amide bonds. The van der Waals surface area contributed by atoms with Crippen molar-refractivity contribution in [2.45, 2.75) is 13.8 Å². The van der Waals surface area contributed by atoms with Gasteiger partial charge in [0.25, 0.3) is 0 Å². The predicted molar refractivity (Wildman–Crippen MR) is 89.3 cm³/mol. The summed E-state index contributed by atoms with van der Waals surface area (Å²) < 4.78 is 4.03. The fourth-order valence-electron chi connectivity index (χ4n) is 2.80. The Morgan fingerprint density at radius 3 is 2.54 bits per heavy atom. The minimum absolute atomic E-state index is 0. The molecule has 0 bridgehead atoms. The Balaban J connectivity index is 0.00000169. The monoisotopic (exact) mass is 340 g/mol. The first kappa shape index (κ1) is 16.1. The third-order valence-electron chi connectivity index (χ3n) is 4.30. The first-order chi connectivity index (χ1) is 11.1. The molecule has 3 aromatic heterocycles. The molecule has 0 spiro atoms. The van der Waals surface area contributed by atoms with E-state index in [1.807, 2.05) is 42.9 Å². The number of halogens is 1. The summed E-state index contributed by atoms with van der Waals surface area (Å²) >= 11 is 0. The van der Waals surface area contributed by atoms with E-state index in [4.69, 9.17) is 0 Å². The van der Waals surface area contributed by atoms with Crippen molar-refractivity contribution < 1.29 is 17.4 Å². The van der Waals surface area contributed by atoms with Gasteiger partial charge in [0.05, 0.1) is 11.9 Å². The first-order valence-corrected chi connectivity index (χ1v) is 7.51. The average molecular weight is 341 g/mol. The number of aromatic amines is 2. The minimum Gasteiger partial charge on any atom is -1.00 e. The maximum atomic E-state index is 11.7. The van der Waals surface area contributed by atoms with Crippen molar-refractivity contribution in [3.63, 3.8) is 0 Å². The van der Waals surface area contributed by atoms with E-state index in [9.17, 15) is 4.79 Å². The van der Waals surface area contributed by atoms with E-state index in [0.717, 1.165) is 33.9 Å². The number of pyridine rings is 1. The van der Waals surface area contributed by atoms with E-state index < -0.39 is 0 Å². The predicted octanol–water partition coefficient (Wildman–Crippen LogP) is -0.456. The molecule has 24 heavy (non-hydrogen) atoms. The van der Waals surface area contributed by atoms with Crippen molar-refractivity contribution in [1.82, 2.24) is 14.1 Å². The van der Waals surface area contributed by atoms with Gasteiger partial charge in [-0.2, -0.15) is 0 Å². The van der Waals surface area contributed by atoms with Gasteiger partial charge in [0, 0.05) is 35.8 Å². The second kappa shape index (κ2) is 6.02. The van der Waals surface area contributed by atoms with E-state index in [1.165, 1.54) is 0 Å². The van der Waals surface area contributed by atoms with Crippen LogP contribution in [0.3, 0.4) is 0 Å². The molecule has 5 nitrogen and oxygen atoms in total. The topological polar surface area (TPSA) is 56.9 Å². The Kier molecular flexibility index (Phi) is 4.03. The lowest BCUT2D eigenvalue weighted by Gasteiger charge is -2.02. The molecule has 0 atom stereocenters. The molecule has 0 saturated heterocycles. The van der Waals surface area contributed by atoms with Gasteiger partial charge in [-0.3, -0.25) is 4.79 Å². The Morgan fingerprint density at radius 1 is 1.04 bits per heavy atom. The Morgan fingerprint density at radius 2 is 1.79 bits per heavy atom. The van der Waals surface area contributed by atoms with Gasteiger partial charge in [-0.15, -0.1) is 0 Å². The van der Waals surface area contributed by atoms with Gasteiger partial charge in [-0.05, 0) is 38.1 Å². The van der Waals surface area contributed by atoms with Crippen LogP contribution in [0, 0.1) is 13.8 Å². The van der Waals surface area contributed by atoms with Gasteiger partial charge in [0.2, 0.25) is 0 Å². The second-order valence-corrected chi connectivity index (χ2v) is 5.68. The molecule has 1 aromatic carbocycles. The van der Waals surface area contributed by atoms with E-state index in [-0.39, 0.29) is 17.8 Å². The van der Waals surface area contributed by atoms with Crippen LogP contribution in [-0.4, -0.2) is 14.1 Å². The zero-order valence-corrected chi connectivity index (χ0v) is 14.1. The van der Waals surface area contributed by atoms with E-state index in [2.05, 4.69) is 32.7 Å². The van der Waals surface area contributed by atoms with Crippen molar-refractivity contribution in [3.05, 3.63) is 76.5 Å². The van der Waals surface area contributed by atoms with Crippen molar-refractivity contribution >= 4 is 11.0 Å². The molecule has 4 aromatic rings. The molecule has 0 aliphatic carbocycles. The number of H-pyrrole nitrogens is 2. The minimum atomic E-state index is 0. The number of hydrogen-bond acceptors (Lipinski definition) is 1. The fourth-order valence-corrected chi connectivity index (χ4v) is 2.80. The van der Waals surface area contributed by atoms with Gasteiger partial charge in [0.15, 0.2) is 5.43 Å². The summed E-state index contributed by atoms with van der Waals surface area (Å²) in [7, 11) is 0. The zero-order chi connectivity index (χ0) is 16.0. The van der Waals surface area contributed by atoms with Crippen LogP contribution in [-0.2, 0) is 0 Å². The zero-order valence-electron chi connectivity index (χ0n) is 13.4. The van der Waals surface area contributed by atoms with Crippen molar-refractivity contribution in [3.8, 4) is 11.6 Å². The Bertz CT molecular complexity index is 1060. The molecule has 6 heteroatoms. The van der Waals surface area contributed by atoms with Crippen LogP contribution in [0.5, 0.6) is 0 Å². The van der Waals surface area contributed by atoms with Crippen LogP contribution in [0.25, 0.3) is 22.7 Å². The molecule has 0 aliphatic heterocycles. The smallest absolute Gasteiger partial charge is 0.365 e. The maximum Gasteiger partial charge on any atom is 0.365 e. The summed E-state index contributed by atoms with van der Waals surface area (Å²) in [4.78, 5) is 18.5. The van der Waals surface area contributed by atoms with Gasteiger partial charge in [-0.25, -0.2) is 14.5 Å². The van der Waals surface area contributed by atoms with E-state index in [1.54, 1.807) is 12.3 Å². The van der Waals surface area contributed by atoms with Gasteiger partial charge < -0.3 is 17.0 Å². The van der Waals surface area contributed by atoms with Gasteiger partial charge in [-0.1, -0.05) is 0 Å². The highest BCUT2D eigenvalue weighted by Crippen LogP contribution is 2.16. The van der Waals surface area contributed by atoms with Gasteiger partial charge >= 0.3 is 5.95 Å². The molecule has 122 valence electrons. The van der Waals surface area contributed by atoms with Crippen LogP contribution >= 0.6 is 0 Å². The highest BCUT2D eigenvalue weighted by atomic mass is 35.5. The summed E-state index contributed by atoms with van der Waals surface area (Å²) in [6.45, 7) is 3.79. The van der Waals surface area contributed by atoms with Crippen molar-refractivity contribution in [2.24, 2.45) is 0 Å². The third-order valence-corrected chi connectivity index (χ3v) is 4.30. The SMILES string of the molecule is Cc1c(C)n(-c2[nH]c3cc(-n4cccc4)ccc3[nH+]2)ccc1=O.[Cl-]. The molecular formula is C18H17ClN4O. The van der Waals surface area contributed by atoms with Crippen molar-refractivity contribution in [1.29, 1.82) is 0 Å². The van der Waals surface area contributed by atoms with Crippen LogP contribution in [0.15, 0.2) is 59.8 Å². The van der Waals surface area contributed by atoms with Crippen LogP contribution < -0.4 is 22.8 Å². The molecule has 3 heterocycles. The Hall–Kier alpha value is -2.79. The summed E-state index contributed by atoms with van der Waals surface area (Å²) in [5, 5.41) is 0. The van der Waals surface area contributed by atoms with Crippen LogP contribution in [0.1, 0.15) is 11.3 Å². The molecule has 0 unspecified atom stereocenters. The molecular weight excluding hydrogens is 324 g/mol. The molecule has 0 fully saturated rings. The summed E-state index contributed by atoms with van der Waals surface area (Å²) in [6.07, 6.45) is 5.83. The Labute approximate surface area is 145 Å². The standard InChI is InChI=1S/C18H16N4O.ClH/c1-12-13(2)22(10-7-17(12)23)18-19-15-6-5-14(11-16(15)20-18)21-8-3-4-9-21;/h3-11H,1-2H3,(H,19,20);1H. The van der Waals surface area contributed by atoms with E-state index in [0.29, 0.717) is 0 Å². The molecule has 0 saturated carbocycles. The van der Waals surface area contributed by atoms with E-state index >= 15 is 0 Å². The molecule has 0 radical (unpaired) electrons. The number of hydrogen-bond donors (Lipinski definition) is 1. The second-order valence-electron chi connectivity index (χ2n) is 5.68. The molecule has 2 N–H and O–H groups in total. The fraction of sp³-hybridized carbons (Fsp3) is 0.111. The highest BCUT2D eigenvalue weighted by molar-refractivity contribution is 5.74. The van der Waals surface area contributed by atoms with Crippen molar-refractivity contribution in [2.75, 3.05) is 0 Å². The van der Waals surface area contributed by atoms with Crippen LogP contribution in [0.4, 0.5) is 0 Å². The number of rotatable bonds is 2. The number of nitrogens with one attached hydrogen (secondary N) is 2. The normalized spacial score (nSPS) is 10.8. The number of benzene rings is 1. The summed E-state index contributed by atoms with van der Waals surface area (Å²) in [5.41, 5.74) is 4.87. The van der Waals surface area contributed by atoms with Crippen LogP contribution in [0.2, 0.25) is 0 Å². The third kappa shape index (κ3) is 2.53. The molecule has 4 rings (SSSR count). The maximum absolute atomic E-state index is 11.7. The number of imidazole rings is 1. The lowest BCUT2D eigenvalue weighted by atomic mass is 10.2. The summed E-state index contributed by atoms with van der Waals surface area (Å²) in [5.74, 6) is 0.838. The molecule has 0 aliphatic rings. The number of aromatic nitrogens is 4. The first-order valence-electron chi connectivity index (χ1n) is 7.51. The number of nitrogens with zero attached hydrogens (tertiary/aromatic N) is 2. The largest absolute Gasteiger partial charge is 1.00 e. The quantitative estimate of drug-likeness (QED) is 0.528. The lowest BCUT2D eigenvalue weighted by Crippen LogP contribution is -3.00. The van der Waals surface area contributed by atoms with Gasteiger partial charge in [0.1, 0.15) is 11.0 Å².